The molecule has 2 heterocycles. The van der Waals surface area contributed by atoms with Gasteiger partial charge in [0.1, 0.15) is 28.7 Å². The molecule has 0 saturated heterocycles. The summed E-state index contributed by atoms with van der Waals surface area (Å²) in [6, 6.07) is 21.1. The fourth-order valence-electron chi connectivity index (χ4n) is 3.76. The maximum atomic E-state index is 13.2. The van der Waals surface area contributed by atoms with Crippen LogP contribution in [0.2, 0.25) is 0 Å². The zero-order valence-electron chi connectivity index (χ0n) is 21.8. The highest BCUT2D eigenvalue weighted by atomic mass is 32.2. The minimum atomic E-state index is -0.532. The normalized spacial score (nSPS) is 11.6. The number of methoxy groups -OCH3 is 2. The first-order valence-corrected chi connectivity index (χ1v) is 13.9. The van der Waals surface area contributed by atoms with Crippen molar-refractivity contribution >= 4 is 34.1 Å². The van der Waals surface area contributed by atoms with Gasteiger partial charge in [-0.2, -0.15) is 0 Å². The van der Waals surface area contributed by atoms with Gasteiger partial charge >= 0.3 is 0 Å². The number of nitrogens with zero attached hydrogens (tertiary/aromatic N) is 4. The van der Waals surface area contributed by atoms with Crippen LogP contribution in [0.4, 0.5) is 9.52 Å². The van der Waals surface area contributed by atoms with Crippen LogP contribution in [0.25, 0.3) is 33.8 Å². The monoisotopic (exact) mass is 573 g/mol. The summed E-state index contributed by atoms with van der Waals surface area (Å²) in [5.74, 6) is 0.884. The highest BCUT2D eigenvalue weighted by molar-refractivity contribution is 8.00. The number of aromatic nitrogens is 4. The molecule has 11 heteroatoms. The SMILES string of the molecule is COc1ccc(-c2nnc(SC(C)C(=O)Nc3nc(-c4ccc(F)cc4)cs3)nc2-c2ccc(OC)cc2)cc1. The van der Waals surface area contributed by atoms with Crippen molar-refractivity contribution in [1.29, 1.82) is 0 Å². The molecule has 1 atom stereocenters. The molecule has 0 aliphatic carbocycles. The maximum Gasteiger partial charge on any atom is 0.239 e. The van der Waals surface area contributed by atoms with E-state index in [1.807, 2.05) is 53.9 Å². The molecule has 0 saturated carbocycles. The van der Waals surface area contributed by atoms with Gasteiger partial charge in [-0.1, -0.05) is 11.8 Å². The first-order chi connectivity index (χ1) is 19.4. The van der Waals surface area contributed by atoms with E-state index in [9.17, 15) is 9.18 Å². The van der Waals surface area contributed by atoms with Crippen LogP contribution in [0.15, 0.2) is 83.3 Å². The Balaban J connectivity index is 1.36. The van der Waals surface area contributed by atoms with E-state index in [1.165, 1.54) is 35.2 Å². The van der Waals surface area contributed by atoms with Crippen LogP contribution in [0.3, 0.4) is 0 Å². The van der Waals surface area contributed by atoms with Crippen LogP contribution < -0.4 is 14.8 Å². The molecule has 5 aromatic rings. The van der Waals surface area contributed by atoms with Gasteiger partial charge in [-0.3, -0.25) is 4.79 Å². The Morgan fingerprint density at radius 1 is 0.825 bits per heavy atom. The van der Waals surface area contributed by atoms with E-state index in [-0.39, 0.29) is 11.7 Å². The number of benzene rings is 3. The number of thiazole rings is 1. The zero-order chi connectivity index (χ0) is 28.1. The molecule has 0 aliphatic heterocycles. The van der Waals surface area contributed by atoms with Crippen molar-refractivity contribution in [3.05, 3.63) is 84.0 Å². The summed E-state index contributed by atoms with van der Waals surface area (Å²) in [5, 5.41) is 13.7. The molecule has 0 radical (unpaired) electrons. The number of thioether (sulfide) groups is 1. The highest BCUT2D eigenvalue weighted by Crippen LogP contribution is 2.33. The van der Waals surface area contributed by atoms with E-state index >= 15 is 0 Å². The van der Waals surface area contributed by atoms with Crippen molar-refractivity contribution in [2.75, 3.05) is 19.5 Å². The molecule has 2 aromatic heterocycles. The number of hydrogen-bond acceptors (Lipinski definition) is 9. The number of ether oxygens (including phenoxy) is 2. The number of halogens is 1. The minimum Gasteiger partial charge on any atom is -0.497 e. The Morgan fingerprint density at radius 2 is 1.40 bits per heavy atom. The summed E-state index contributed by atoms with van der Waals surface area (Å²) in [6.07, 6.45) is 0. The van der Waals surface area contributed by atoms with Crippen molar-refractivity contribution in [1.82, 2.24) is 20.2 Å². The first kappa shape index (κ1) is 27.2. The number of rotatable bonds is 9. The van der Waals surface area contributed by atoms with Crippen molar-refractivity contribution < 1.29 is 18.7 Å². The van der Waals surface area contributed by atoms with E-state index in [0.29, 0.717) is 27.4 Å². The Labute approximate surface area is 238 Å². The zero-order valence-corrected chi connectivity index (χ0v) is 23.4. The molecular weight excluding hydrogens is 549 g/mol. The lowest BCUT2D eigenvalue weighted by molar-refractivity contribution is -0.115. The predicted octanol–water partition coefficient (Wildman–Crippen LogP) is 6.60. The second-order valence-corrected chi connectivity index (χ2v) is 10.7. The molecule has 3 aromatic carbocycles. The van der Waals surface area contributed by atoms with Gasteiger partial charge in [0.2, 0.25) is 11.1 Å². The summed E-state index contributed by atoms with van der Waals surface area (Å²) in [6.45, 7) is 1.77. The van der Waals surface area contributed by atoms with Crippen LogP contribution in [0.5, 0.6) is 11.5 Å². The summed E-state index contributed by atoms with van der Waals surface area (Å²) in [5.41, 5.74) is 4.31. The molecule has 0 aliphatic rings. The topological polar surface area (TPSA) is 99.1 Å². The van der Waals surface area contributed by atoms with Crippen LogP contribution in [-0.2, 0) is 4.79 Å². The maximum absolute atomic E-state index is 13.2. The summed E-state index contributed by atoms with van der Waals surface area (Å²) in [7, 11) is 3.22. The Bertz CT molecular complexity index is 1610. The summed E-state index contributed by atoms with van der Waals surface area (Å²) < 4.78 is 23.8. The lowest BCUT2D eigenvalue weighted by Gasteiger charge is -2.12. The third kappa shape index (κ3) is 6.27. The number of carbonyl (C=O) groups is 1. The van der Waals surface area contributed by atoms with E-state index in [0.717, 1.165) is 28.2 Å². The van der Waals surface area contributed by atoms with Gasteiger partial charge in [-0.15, -0.1) is 21.5 Å². The number of carbonyl (C=O) groups excluding carboxylic acids is 1. The number of nitrogens with one attached hydrogen (secondary N) is 1. The Kier molecular flexibility index (Phi) is 8.32. The quantitative estimate of drug-likeness (QED) is 0.197. The number of hydrogen-bond donors (Lipinski definition) is 1. The molecule has 1 unspecified atom stereocenters. The standard InChI is InChI=1S/C29H24FN5O3S2/c1-17(27(36)33-28-31-24(16-39-28)18-4-10-21(30)11-5-18)40-29-32-25(19-6-12-22(37-2)13-7-19)26(34-35-29)20-8-14-23(38-3)15-9-20/h4-17H,1-3H3,(H,31,33,36). The van der Waals surface area contributed by atoms with Crippen LogP contribution >= 0.6 is 23.1 Å². The fourth-order valence-corrected chi connectivity index (χ4v) is 5.19. The molecule has 1 amide bonds. The smallest absolute Gasteiger partial charge is 0.239 e. The van der Waals surface area contributed by atoms with Crippen molar-refractivity contribution in [2.24, 2.45) is 0 Å². The predicted molar refractivity (Wildman–Crippen MR) is 155 cm³/mol. The minimum absolute atomic E-state index is 0.251. The van der Waals surface area contributed by atoms with Gasteiger partial charge in [-0.25, -0.2) is 14.4 Å². The van der Waals surface area contributed by atoms with Crippen molar-refractivity contribution in [3.63, 3.8) is 0 Å². The Hall–Kier alpha value is -4.35. The Morgan fingerprint density at radius 3 is 2.00 bits per heavy atom. The van der Waals surface area contributed by atoms with Gasteiger partial charge < -0.3 is 14.8 Å². The second-order valence-electron chi connectivity index (χ2n) is 8.54. The van der Waals surface area contributed by atoms with Crippen LogP contribution in [0.1, 0.15) is 6.92 Å². The fraction of sp³-hybridized carbons (Fsp3) is 0.138. The van der Waals surface area contributed by atoms with Gasteiger partial charge in [0.25, 0.3) is 0 Å². The first-order valence-electron chi connectivity index (χ1n) is 12.2. The van der Waals surface area contributed by atoms with Crippen LogP contribution in [0, 0.1) is 5.82 Å². The second kappa shape index (κ2) is 12.2. The van der Waals surface area contributed by atoms with Gasteiger partial charge in [0, 0.05) is 22.1 Å². The summed E-state index contributed by atoms with van der Waals surface area (Å²) in [4.78, 5) is 22.2. The van der Waals surface area contributed by atoms with Crippen molar-refractivity contribution in [3.8, 4) is 45.3 Å². The van der Waals surface area contributed by atoms with E-state index < -0.39 is 5.25 Å². The van der Waals surface area contributed by atoms with Gasteiger partial charge in [0.15, 0.2) is 5.13 Å². The molecule has 0 spiro atoms. The third-order valence-corrected chi connectivity index (χ3v) is 7.63. The summed E-state index contributed by atoms with van der Waals surface area (Å²) >= 11 is 2.49. The molecule has 8 nitrogen and oxygen atoms in total. The molecule has 0 fully saturated rings. The van der Waals surface area contributed by atoms with Gasteiger partial charge in [-0.05, 0) is 79.7 Å². The number of amides is 1. The number of anilines is 1. The van der Waals surface area contributed by atoms with E-state index in [4.69, 9.17) is 14.5 Å². The van der Waals surface area contributed by atoms with Gasteiger partial charge in [0.05, 0.1) is 25.2 Å². The molecule has 0 bridgehead atoms. The highest BCUT2D eigenvalue weighted by Gasteiger charge is 2.21. The lowest BCUT2D eigenvalue weighted by Crippen LogP contribution is -2.22. The largest absolute Gasteiger partial charge is 0.497 e. The third-order valence-electron chi connectivity index (χ3n) is 5.92. The molecular formula is C29H24FN5O3S2. The van der Waals surface area contributed by atoms with Crippen molar-refractivity contribution in [2.45, 2.75) is 17.3 Å². The van der Waals surface area contributed by atoms with Crippen LogP contribution in [-0.4, -0.2) is 45.5 Å². The molecule has 5 rings (SSSR count). The average molecular weight is 574 g/mol. The molecule has 202 valence electrons. The van der Waals surface area contributed by atoms with E-state index in [1.54, 1.807) is 33.3 Å². The van der Waals surface area contributed by atoms with E-state index in [2.05, 4.69) is 20.5 Å². The molecule has 40 heavy (non-hydrogen) atoms. The molecule has 1 N–H and O–H groups in total. The lowest BCUT2D eigenvalue weighted by atomic mass is 10.0. The average Bonchev–Trinajstić information content (AvgIpc) is 3.46.